The van der Waals surface area contributed by atoms with Crippen molar-refractivity contribution in [1.82, 2.24) is 15.3 Å². The summed E-state index contributed by atoms with van der Waals surface area (Å²) in [6, 6.07) is 2.65. The summed E-state index contributed by atoms with van der Waals surface area (Å²) in [7, 11) is 1.68. The van der Waals surface area contributed by atoms with E-state index in [4.69, 9.17) is 26.9 Å². The molecule has 0 aromatic carbocycles. The third-order valence-electron chi connectivity index (χ3n) is 5.72. The van der Waals surface area contributed by atoms with E-state index in [-0.39, 0.29) is 0 Å². The zero-order valence-electron chi connectivity index (χ0n) is 17.4. The number of anilines is 3. The van der Waals surface area contributed by atoms with Gasteiger partial charge >= 0.3 is 0 Å². The lowest BCUT2D eigenvalue weighted by Gasteiger charge is -2.36. The molecule has 7 nitrogen and oxygen atoms in total. The van der Waals surface area contributed by atoms with Crippen molar-refractivity contribution in [3.63, 3.8) is 0 Å². The highest BCUT2D eigenvalue weighted by atomic mass is 32.1. The summed E-state index contributed by atoms with van der Waals surface area (Å²) < 4.78 is 5.07. The molecule has 0 unspecified atom stereocenters. The molecule has 2 saturated heterocycles. The first-order chi connectivity index (χ1) is 13.6. The van der Waals surface area contributed by atoms with Crippen molar-refractivity contribution in [1.29, 1.82) is 0 Å². The Labute approximate surface area is 174 Å². The van der Waals surface area contributed by atoms with Crippen LogP contribution in [-0.4, -0.2) is 61.0 Å². The first-order valence-electron chi connectivity index (χ1n) is 10.5. The van der Waals surface area contributed by atoms with E-state index in [1.807, 2.05) is 0 Å². The second kappa shape index (κ2) is 10.2. The van der Waals surface area contributed by atoms with Gasteiger partial charge in [-0.1, -0.05) is 6.92 Å². The second-order valence-corrected chi connectivity index (χ2v) is 8.40. The Hall–Kier alpha value is -1.67. The molecule has 1 atom stereocenters. The average molecular weight is 407 g/mol. The van der Waals surface area contributed by atoms with E-state index >= 15 is 0 Å². The average Bonchev–Trinajstić information content (AvgIpc) is 2.69. The van der Waals surface area contributed by atoms with E-state index in [1.165, 1.54) is 32.1 Å². The highest BCUT2D eigenvalue weighted by Gasteiger charge is 2.23. The van der Waals surface area contributed by atoms with Gasteiger partial charge in [-0.3, -0.25) is 0 Å². The van der Waals surface area contributed by atoms with Gasteiger partial charge in [0.15, 0.2) is 5.11 Å². The van der Waals surface area contributed by atoms with Gasteiger partial charge < -0.3 is 25.2 Å². The molecule has 1 aromatic heterocycles. The standard InChI is InChI=1S/C20H34N6OS/c1-15-7-11-25(12-8-15)17-14-18(26-10-5-4-6-16(26)2)23-19(22-17)24-20(28)21-9-13-27-3/h14-16H,4-13H2,1-3H3,(H2,21,22,23,24,28)/t16-/m1/s1. The normalized spacial score (nSPS) is 20.9. The number of hydrogen-bond acceptors (Lipinski definition) is 6. The van der Waals surface area contributed by atoms with E-state index in [0.29, 0.717) is 30.3 Å². The van der Waals surface area contributed by atoms with Gasteiger partial charge in [-0.15, -0.1) is 0 Å². The van der Waals surface area contributed by atoms with E-state index in [2.05, 4.69) is 40.3 Å². The van der Waals surface area contributed by atoms with Crippen LogP contribution >= 0.6 is 12.2 Å². The molecule has 0 amide bonds. The number of aromatic nitrogens is 2. The van der Waals surface area contributed by atoms with Crippen LogP contribution in [0, 0.1) is 5.92 Å². The molecule has 156 valence electrons. The third kappa shape index (κ3) is 5.67. The quantitative estimate of drug-likeness (QED) is 0.552. The highest BCUT2D eigenvalue weighted by Crippen LogP contribution is 2.29. The Kier molecular flexibility index (Phi) is 7.67. The van der Waals surface area contributed by atoms with Gasteiger partial charge in [-0.05, 0) is 57.2 Å². The minimum Gasteiger partial charge on any atom is -0.383 e. The van der Waals surface area contributed by atoms with Crippen LogP contribution in [0.25, 0.3) is 0 Å². The second-order valence-electron chi connectivity index (χ2n) is 7.99. The number of rotatable bonds is 6. The lowest BCUT2D eigenvalue weighted by atomic mass is 9.99. The maximum absolute atomic E-state index is 5.40. The molecule has 2 aliphatic rings. The predicted octanol–water partition coefficient (Wildman–Crippen LogP) is 3.02. The fraction of sp³-hybridized carbons (Fsp3) is 0.750. The van der Waals surface area contributed by atoms with Crippen LogP contribution in [-0.2, 0) is 4.74 Å². The smallest absolute Gasteiger partial charge is 0.232 e. The van der Waals surface area contributed by atoms with E-state index in [9.17, 15) is 0 Å². The summed E-state index contributed by atoms with van der Waals surface area (Å²) >= 11 is 5.40. The molecule has 2 fully saturated rings. The lowest BCUT2D eigenvalue weighted by Crippen LogP contribution is -2.39. The van der Waals surface area contributed by atoms with Gasteiger partial charge in [0.2, 0.25) is 5.95 Å². The van der Waals surface area contributed by atoms with E-state index in [0.717, 1.165) is 37.2 Å². The molecule has 0 radical (unpaired) electrons. The zero-order valence-corrected chi connectivity index (χ0v) is 18.2. The maximum Gasteiger partial charge on any atom is 0.232 e. The Balaban J connectivity index is 1.80. The molecule has 2 N–H and O–H groups in total. The number of nitrogens with zero attached hydrogens (tertiary/aromatic N) is 4. The van der Waals surface area contributed by atoms with Crippen molar-refractivity contribution >= 4 is 34.9 Å². The van der Waals surface area contributed by atoms with E-state index in [1.54, 1.807) is 7.11 Å². The fourth-order valence-corrected chi connectivity index (χ4v) is 4.07. The minimum atomic E-state index is 0.498. The van der Waals surface area contributed by atoms with Crippen LogP contribution in [0.4, 0.5) is 17.6 Å². The van der Waals surface area contributed by atoms with Crippen molar-refractivity contribution in [2.45, 2.75) is 52.0 Å². The molecule has 8 heteroatoms. The molecule has 0 spiro atoms. The van der Waals surface area contributed by atoms with Crippen molar-refractivity contribution in [3.8, 4) is 0 Å². The molecule has 0 bridgehead atoms. The van der Waals surface area contributed by atoms with Gasteiger partial charge in [-0.2, -0.15) is 9.97 Å². The van der Waals surface area contributed by atoms with Crippen LogP contribution in [0.2, 0.25) is 0 Å². The Morgan fingerprint density at radius 1 is 1.14 bits per heavy atom. The molecular weight excluding hydrogens is 372 g/mol. The number of nitrogens with one attached hydrogen (secondary N) is 2. The Bertz CT molecular complexity index is 650. The Morgan fingerprint density at radius 3 is 2.61 bits per heavy atom. The molecule has 3 heterocycles. The number of thiocarbonyl (C=S) groups is 1. The van der Waals surface area contributed by atoms with Gasteiger partial charge in [0.25, 0.3) is 0 Å². The summed E-state index contributed by atoms with van der Waals surface area (Å²) in [5.74, 6) is 3.35. The van der Waals surface area contributed by atoms with Gasteiger partial charge in [0.1, 0.15) is 11.6 Å². The number of methoxy groups -OCH3 is 1. The molecule has 0 saturated carbocycles. The first-order valence-corrected chi connectivity index (χ1v) is 10.9. The van der Waals surface area contributed by atoms with Crippen molar-refractivity contribution in [2.24, 2.45) is 5.92 Å². The van der Waals surface area contributed by atoms with Gasteiger partial charge in [0, 0.05) is 45.4 Å². The summed E-state index contributed by atoms with van der Waals surface area (Å²) in [6.45, 7) is 9.01. The zero-order chi connectivity index (χ0) is 19.9. The third-order valence-corrected chi connectivity index (χ3v) is 5.97. The summed E-state index contributed by atoms with van der Waals surface area (Å²) in [6.07, 6.45) is 6.13. The fourth-order valence-electron chi connectivity index (χ4n) is 3.88. The summed E-state index contributed by atoms with van der Waals surface area (Å²) in [5.41, 5.74) is 0. The number of hydrogen-bond donors (Lipinski definition) is 2. The minimum absolute atomic E-state index is 0.498. The Morgan fingerprint density at radius 2 is 1.89 bits per heavy atom. The molecule has 1 aromatic rings. The van der Waals surface area contributed by atoms with E-state index < -0.39 is 0 Å². The number of ether oxygens (including phenoxy) is 1. The first kappa shape index (κ1) is 21.0. The molecule has 0 aliphatic carbocycles. The van der Waals surface area contributed by atoms with Crippen LogP contribution < -0.4 is 20.4 Å². The van der Waals surface area contributed by atoms with Crippen LogP contribution in [0.15, 0.2) is 6.07 Å². The molecule has 28 heavy (non-hydrogen) atoms. The molecule has 2 aliphatic heterocycles. The van der Waals surface area contributed by atoms with Crippen LogP contribution in [0.3, 0.4) is 0 Å². The summed E-state index contributed by atoms with van der Waals surface area (Å²) in [4.78, 5) is 14.4. The molecular formula is C20H34N6OS. The SMILES string of the molecule is COCCNC(=S)Nc1nc(N2CCC(C)CC2)cc(N2CCCC[C@H]2C)n1. The summed E-state index contributed by atoms with van der Waals surface area (Å²) in [5, 5.41) is 6.83. The monoisotopic (exact) mass is 406 g/mol. The topological polar surface area (TPSA) is 65.6 Å². The maximum atomic E-state index is 5.40. The van der Waals surface area contributed by atoms with Gasteiger partial charge in [-0.25, -0.2) is 0 Å². The van der Waals surface area contributed by atoms with Crippen molar-refractivity contribution in [3.05, 3.63) is 6.07 Å². The van der Waals surface area contributed by atoms with Crippen LogP contribution in [0.1, 0.15) is 46.0 Å². The van der Waals surface area contributed by atoms with Crippen molar-refractivity contribution < 1.29 is 4.74 Å². The predicted molar refractivity (Wildman–Crippen MR) is 119 cm³/mol. The highest BCUT2D eigenvalue weighted by molar-refractivity contribution is 7.80. The lowest BCUT2D eigenvalue weighted by molar-refractivity contribution is 0.204. The molecule has 3 rings (SSSR count). The van der Waals surface area contributed by atoms with Gasteiger partial charge in [0.05, 0.1) is 6.61 Å². The largest absolute Gasteiger partial charge is 0.383 e. The van der Waals surface area contributed by atoms with Crippen LogP contribution in [0.5, 0.6) is 0 Å². The van der Waals surface area contributed by atoms with Crippen molar-refractivity contribution in [2.75, 3.05) is 55.0 Å². The number of piperidine rings is 2.